The molecule has 0 radical (unpaired) electrons. The van der Waals surface area contributed by atoms with Crippen molar-refractivity contribution in [2.24, 2.45) is 0 Å². The number of hydrogen-bond donors (Lipinski definition) is 1. The Morgan fingerprint density at radius 1 is 1.47 bits per heavy atom. The van der Waals surface area contributed by atoms with Crippen LogP contribution in [0.4, 0.5) is 4.39 Å². The summed E-state index contributed by atoms with van der Waals surface area (Å²) in [5.74, 6) is -0.246. The summed E-state index contributed by atoms with van der Waals surface area (Å²) in [4.78, 5) is 18.1. The number of hydrogen-bond acceptors (Lipinski definition) is 3. The van der Waals surface area contributed by atoms with Gasteiger partial charge in [-0.05, 0) is 30.7 Å². The SMILES string of the molecule is COC(=O)c1cnc(-c2ccc(F)c(C)c2)[nH]1. The summed E-state index contributed by atoms with van der Waals surface area (Å²) in [5, 5.41) is 0. The number of methoxy groups -OCH3 is 1. The molecular weight excluding hydrogens is 223 g/mol. The number of aryl methyl sites for hydroxylation is 1. The van der Waals surface area contributed by atoms with Crippen LogP contribution in [-0.4, -0.2) is 23.0 Å². The van der Waals surface area contributed by atoms with E-state index in [1.54, 1.807) is 19.1 Å². The highest BCUT2D eigenvalue weighted by Gasteiger charge is 2.11. The van der Waals surface area contributed by atoms with Gasteiger partial charge < -0.3 is 9.72 Å². The molecule has 1 aromatic heterocycles. The molecule has 88 valence electrons. The lowest BCUT2D eigenvalue weighted by Gasteiger charge is -2.00. The number of imidazole rings is 1. The summed E-state index contributed by atoms with van der Waals surface area (Å²) in [6, 6.07) is 4.63. The van der Waals surface area contributed by atoms with Crippen molar-refractivity contribution in [1.82, 2.24) is 9.97 Å². The normalized spacial score (nSPS) is 10.3. The van der Waals surface area contributed by atoms with Gasteiger partial charge in [0, 0.05) is 5.56 Å². The molecule has 5 heteroatoms. The molecule has 0 spiro atoms. The molecule has 0 bridgehead atoms. The molecule has 0 amide bonds. The van der Waals surface area contributed by atoms with Crippen molar-refractivity contribution >= 4 is 5.97 Å². The summed E-state index contributed by atoms with van der Waals surface area (Å²) in [5.41, 5.74) is 1.52. The Bertz CT molecular complexity index is 563. The summed E-state index contributed by atoms with van der Waals surface area (Å²) in [7, 11) is 1.30. The molecule has 0 saturated heterocycles. The van der Waals surface area contributed by atoms with E-state index in [2.05, 4.69) is 14.7 Å². The van der Waals surface area contributed by atoms with Gasteiger partial charge in [0.25, 0.3) is 0 Å². The van der Waals surface area contributed by atoms with E-state index in [0.717, 1.165) is 5.56 Å². The van der Waals surface area contributed by atoms with Gasteiger partial charge in [0.2, 0.25) is 0 Å². The van der Waals surface area contributed by atoms with Crippen LogP contribution in [0.3, 0.4) is 0 Å². The fraction of sp³-hybridized carbons (Fsp3) is 0.167. The standard InChI is InChI=1S/C12H11FN2O2/c1-7-5-8(3-4-9(7)13)11-14-6-10(15-11)12(16)17-2/h3-6H,1-2H3,(H,14,15). The number of nitrogens with one attached hydrogen (secondary N) is 1. The summed E-state index contributed by atoms with van der Waals surface area (Å²) in [6.07, 6.45) is 1.39. The zero-order valence-corrected chi connectivity index (χ0v) is 9.45. The first kappa shape index (κ1) is 11.3. The van der Waals surface area contributed by atoms with Crippen molar-refractivity contribution < 1.29 is 13.9 Å². The Kier molecular flexibility index (Phi) is 2.91. The number of aromatic nitrogens is 2. The van der Waals surface area contributed by atoms with Crippen LogP contribution < -0.4 is 0 Å². The molecule has 0 aliphatic rings. The van der Waals surface area contributed by atoms with Gasteiger partial charge in [0.05, 0.1) is 13.3 Å². The second-order valence-corrected chi connectivity index (χ2v) is 3.60. The van der Waals surface area contributed by atoms with E-state index in [-0.39, 0.29) is 11.5 Å². The maximum atomic E-state index is 13.1. The van der Waals surface area contributed by atoms with Gasteiger partial charge in [0.1, 0.15) is 17.3 Å². The molecule has 1 aromatic carbocycles. The molecule has 2 rings (SSSR count). The minimum absolute atomic E-state index is 0.268. The molecule has 0 unspecified atom stereocenters. The average Bonchev–Trinajstić information content (AvgIpc) is 2.81. The van der Waals surface area contributed by atoms with Gasteiger partial charge in [-0.15, -0.1) is 0 Å². The van der Waals surface area contributed by atoms with Crippen molar-refractivity contribution in [3.63, 3.8) is 0 Å². The topological polar surface area (TPSA) is 55.0 Å². The highest BCUT2D eigenvalue weighted by atomic mass is 19.1. The zero-order chi connectivity index (χ0) is 12.4. The number of aromatic amines is 1. The van der Waals surface area contributed by atoms with E-state index in [4.69, 9.17) is 0 Å². The molecule has 17 heavy (non-hydrogen) atoms. The van der Waals surface area contributed by atoms with E-state index in [0.29, 0.717) is 11.4 Å². The van der Waals surface area contributed by atoms with Crippen LogP contribution in [0, 0.1) is 12.7 Å². The highest BCUT2D eigenvalue weighted by molar-refractivity contribution is 5.87. The van der Waals surface area contributed by atoms with Crippen LogP contribution in [0.25, 0.3) is 11.4 Å². The van der Waals surface area contributed by atoms with E-state index in [1.807, 2.05) is 0 Å². The lowest BCUT2D eigenvalue weighted by molar-refractivity contribution is 0.0595. The van der Waals surface area contributed by atoms with Crippen LogP contribution >= 0.6 is 0 Å². The van der Waals surface area contributed by atoms with Gasteiger partial charge in [-0.25, -0.2) is 14.2 Å². The number of carbonyl (C=O) groups excluding carboxylic acids is 1. The molecule has 2 aromatic rings. The Morgan fingerprint density at radius 2 is 2.24 bits per heavy atom. The molecule has 4 nitrogen and oxygen atoms in total. The largest absolute Gasteiger partial charge is 0.464 e. The van der Waals surface area contributed by atoms with E-state index in [1.165, 1.54) is 19.4 Å². The third kappa shape index (κ3) is 2.18. The molecule has 0 atom stereocenters. The fourth-order valence-corrected chi connectivity index (χ4v) is 1.47. The maximum absolute atomic E-state index is 13.1. The van der Waals surface area contributed by atoms with Crippen LogP contribution in [0.5, 0.6) is 0 Å². The third-order valence-corrected chi connectivity index (χ3v) is 2.41. The summed E-state index contributed by atoms with van der Waals surface area (Å²) >= 11 is 0. The van der Waals surface area contributed by atoms with Crippen molar-refractivity contribution in [3.05, 3.63) is 41.5 Å². The van der Waals surface area contributed by atoms with Gasteiger partial charge >= 0.3 is 5.97 Å². The van der Waals surface area contributed by atoms with Gasteiger partial charge in [-0.2, -0.15) is 0 Å². The molecule has 1 heterocycles. The monoisotopic (exact) mass is 234 g/mol. The summed E-state index contributed by atoms with van der Waals surface area (Å²) < 4.78 is 17.7. The van der Waals surface area contributed by atoms with Crippen molar-refractivity contribution in [2.45, 2.75) is 6.92 Å². The predicted octanol–water partition coefficient (Wildman–Crippen LogP) is 2.31. The Labute approximate surface area is 97.5 Å². The highest BCUT2D eigenvalue weighted by Crippen LogP contribution is 2.19. The third-order valence-electron chi connectivity index (χ3n) is 2.41. The number of benzene rings is 1. The maximum Gasteiger partial charge on any atom is 0.356 e. The minimum atomic E-state index is -0.484. The first-order valence-electron chi connectivity index (χ1n) is 5.01. The molecule has 0 saturated carbocycles. The van der Waals surface area contributed by atoms with Crippen LogP contribution in [0.15, 0.2) is 24.4 Å². The predicted molar refractivity (Wildman–Crippen MR) is 60.1 cm³/mol. The molecular formula is C12H11FN2O2. The molecule has 0 aliphatic heterocycles. The smallest absolute Gasteiger partial charge is 0.356 e. The second kappa shape index (κ2) is 4.37. The quantitative estimate of drug-likeness (QED) is 0.811. The van der Waals surface area contributed by atoms with Crippen molar-refractivity contribution in [2.75, 3.05) is 7.11 Å². The van der Waals surface area contributed by atoms with E-state index in [9.17, 15) is 9.18 Å². The Balaban J connectivity index is 2.37. The first-order valence-corrected chi connectivity index (χ1v) is 5.01. The molecule has 1 N–H and O–H groups in total. The Morgan fingerprint density at radius 3 is 2.88 bits per heavy atom. The molecule has 0 fully saturated rings. The first-order chi connectivity index (χ1) is 8.11. The second-order valence-electron chi connectivity index (χ2n) is 3.60. The van der Waals surface area contributed by atoms with Crippen molar-refractivity contribution in [3.8, 4) is 11.4 Å². The van der Waals surface area contributed by atoms with Crippen molar-refractivity contribution in [1.29, 1.82) is 0 Å². The lowest BCUT2D eigenvalue weighted by atomic mass is 10.1. The number of ether oxygens (including phenoxy) is 1. The number of nitrogens with zero attached hydrogens (tertiary/aromatic N) is 1. The number of rotatable bonds is 2. The Hall–Kier alpha value is -2.17. The lowest BCUT2D eigenvalue weighted by Crippen LogP contribution is -2.00. The summed E-state index contributed by atoms with van der Waals surface area (Å²) in [6.45, 7) is 1.67. The van der Waals surface area contributed by atoms with Gasteiger partial charge in [-0.3, -0.25) is 0 Å². The van der Waals surface area contributed by atoms with Crippen LogP contribution in [-0.2, 0) is 4.74 Å². The van der Waals surface area contributed by atoms with E-state index >= 15 is 0 Å². The minimum Gasteiger partial charge on any atom is -0.464 e. The number of H-pyrrole nitrogens is 1. The van der Waals surface area contributed by atoms with Gasteiger partial charge in [0.15, 0.2) is 0 Å². The van der Waals surface area contributed by atoms with Crippen LogP contribution in [0.1, 0.15) is 16.1 Å². The zero-order valence-electron chi connectivity index (χ0n) is 9.45. The molecule has 0 aliphatic carbocycles. The van der Waals surface area contributed by atoms with Gasteiger partial charge in [-0.1, -0.05) is 0 Å². The number of esters is 1. The number of halogens is 1. The number of carbonyl (C=O) groups is 1. The van der Waals surface area contributed by atoms with E-state index < -0.39 is 5.97 Å². The average molecular weight is 234 g/mol. The fourth-order valence-electron chi connectivity index (χ4n) is 1.47. The van der Waals surface area contributed by atoms with Crippen LogP contribution in [0.2, 0.25) is 0 Å².